The number of fused-ring (bicyclic) bond motifs is 2. The van der Waals surface area contributed by atoms with Crippen LogP contribution in [0.1, 0.15) is 73.3 Å². The third-order valence-electron chi connectivity index (χ3n) is 8.49. The summed E-state index contributed by atoms with van der Waals surface area (Å²) < 4.78 is 18.3. The fraction of sp³-hybridized carbons (Fsp3) is 0.150. The average molecular weight is 653 g/mol. The van der Waals surface area contributed by atoms with Crippen LogP contribution < -0.4 is 19.1 Å². The van der Waals surface area contributed by atoms with Crippen LogP contribution in [0.15, 0.2) is 103 Å². The van der Waals surface area contributed by atoms with E-state index in [4.69, 9.17) is 14.2 Å². The molecule has 0 unspecified atom stereocenters. The summed E-state index contributed by atoms with van der Waals surface area (Å²) in [4.78, 5) is 53.9. The van der Waals surface area contributed by atoms with Gasteiger partial charge in [-0.25, -0.2) is 4.90 Å². The molecule has 9 nitrogen and oxygen atoms in total. The number of ether oxygens (including phenoxy) is 3. The Labute approximate surface area is 283 Å². The third kappa shape index (κ3) is 5.80. The summed E-state index contributed by atoms with van der Waals surface area (Å²) >= 11 is 0. The first-order chi connectivity index (χ1) is 23.4. The van der Waals surface area contributed by atoms with Crippen molar-refractivity contribution in [1.29, 1.82) is 0 Å². The highest BCUT2D eigenvalue weighted by Gasteiger charge is 2.37. The Bertz CT molecular complexity index is 2180. The quantitative estimate of drug-likeness (QED) is 0.162. The molecule has 0 atom stereocenters. The maximum Gasteiger partial charge on any atom is 0.266 e. The highest BCUT2D eigenvalue weighted by atomic mass is 16.5. The molecular weight excluding hydrogens is 620 g/mol. The molecular formula is C40H32N2O7. The van der Waals surface area contributed by atoms with E-state index in [1.165, 1.54) is 7.05 Å². The van der Waals surface area contributed by atoms with Crippen LogP contribution in [0.5, 0.6) is 34.5 Å². The number of carbonyl (C=O) groups excluding carboxylic acids is 4. The first-order valence-corrected chi connectivity index (χ1v) is 15.7. The molecule has 2 aliphatic rings. The molecule has 49 heavy (non-hydrogen) atoms. The van der Waals surface area contributed by atoms with Gasteiger partial charge in [0.2, 0.25) is 0 Å². The zero-order chi connectivity index (χ0) is 34.6. The molecule has 0 fully saturated rings. The van der Waals surface area contributed by atoms with Crippen LogP contribution in [0, 0.1) is 6.92 Å². The van der Waals surface area contributed by atoms with E-state index in [0.29, 0.717) is 51.3 Å². The van der Waals surface area contributed by atoms with E-state index in [1.54, 1.807) is 72.8 Å². The van der Waals surface area contributed by atoms with Crippen molar-refractivity contribution in [3.05, 3.63) is 137 Å². The number of rotatable bonds is 7. The minimum Gasteiger partial charge on any atom is -0.457 e. The lowest BCUT2D eigenvalue weighted by Crippen LogP contribution is -2.29. The lowest BCUT2D eigenvalue weighted by molar-refractivity contribution is 0.0692. The van der Waals surface area contributed by atoms with Gasteiger partial charge in [0.25, 0.3) is 23.6 Å². The molecule has 4 amide bonds. The van der Waals surface area contributed by atoms with E-state index in [2.05, 4.69) is 0 Å². The molecule has 2 heterocycles. The number of amides is 4. The minimum absolute atomic E-state index is 0.244. The first-order valence-electron chi connectivity index (χ1n) is 15.7. The van der Waals surface area contributed by atoms with Gasteiger partial charge in [-0.05, 0) is 103 Å². The molecule has 244 valence electrons. The Morgan fingerprint density at radius 2 is 0.939 bits per heavy atom. The Morgan fingerprint density at radius 1 is 0.490 bits per heavy atom. The average Bonchev–Trinajstić information content (AvgIpc) is 3.45. The summed E-state index contributed by atoms with van der Waals surface area (Å²) in [6, 6.07) is 29.5. The number of hydrogen-bond acceptors (Lipinski definition) is 7. The van der Waals surface area contributed by atoms with E-state index in [1.807, 2.05) is 58.0 Å². The second-order valence-corrected chi connectivity index (χ2v) is 13.1. The third-order valence-corrected chi connectivity index (χ3v) is 8.49. The highest BCUT2D eigenvalue weighted by molar-refractivity contribution is 6.34. The molecule has 9 heteroatoms. The number of carbonyl (C=O) groups is 4. The van der Waals surface area contributed by atoms with Crippen molar-refractivity contribution >= 4 is 29.3 Å². The van der Waals surface area contributed by atoms with E-state index >= 15 is 0 Å². The Balaban J connectivity index is 1.09. The molecule has 5 aromatic rings. The van der Waals surface area contributed by atoms with Gasteiger partial charge in [0, 0.05) is 12.6 Å². The van der Waals surface area contributed by atoms with Crippen LogP contribution in [-0.2, 0) is 5.41 Å². The fourth-order valence-electron chi connectivity index (χ4n) is 5.84. The van der Waals surface area contributed by atoms with Crippen LogP contribution in [0.25, 0.3) is 0 Å². The van der Waals surface area contributed by atoms with E-state index in [9.17, 15) is 19.2 Å². The van der Waals surface area contributed by atoms with Crippen molar-refractivity contribution in [3.63, 3.8) is 0 Å². The number of anilines is 1. The van der Waals surface area contributed by atoms with Crippen molar-refractivity contribution in [2.24, 2.45) is 0 Å². The molecule has 0 bridgehead atoms. The summed E-state index contributed by atoms with van der Waals surface area (Å²) in [6.07, 6.45) is 0. The van der Waals surface area contributed by atoms with Crippen LogP contribution in [0.3, 0.4) is 0 Å². The van der Waals surface area contributed by atoms with E-state index < -0.39 is 11.8 Å². The Morgan fingerprint density at radius 3 is 1.57 bits per heavy atom. The largest absolute Gasteiger partial charge is 0.457 e. The summed E-state index contributed by atoms with van der Waals surface area (Å²) in [7, 11) is 1.45. The molecule has 5 aromatic carbocycles. The number of imide groups is 2. The van der Waals surface area contributed by atoms with Crippen molar-refractivity contribution in [2.75, 3.05) is 11.9 Å². The van der Waals surface area contributed by atoms with Gasteiger partial charge < -0.3 is 14.2 Å². The van der Waals surface area contributed by atoms with Crippen LogP contribution in [0.4, 0.5) is 5.69 Å². The minimum atomic E-state index is -0.447. The fourth-order valence-corrected chi connectivity index (χ4v) is 5.84. The zero-order valence-electron chi connectivity index (χ0n) is 27.6. The predicted molar refractivity (Wildman–Crippen MR) is 183 cm³/mol. The lowest BCUT2D eigenvalue weighted by atomic mass is 9.86. The van der Waals surface area contributed by atoms with Gasteiger partial charge in [0.05, 0.1) is 27.9 Å². The topological polar surface area (TPSA) is 102 Å². The maximum atomic E-state index is 13.5. The molecule has 0 aliphatic carbocycles. The zero-order valence-corrected chi connectivity index (χ0v) is 27.6. The second kappa shape index (κ2) is 11.8. The predicted octanol–water partition coefficient (Wildman–Crippen LogP) is 8.70. The van der Waals surface area contributed by atoms with Crippen molar-refractivity contribution < 1.29 is 33.4 Å². The van der Waals surface area contributed by atoms with Crippen molar-refractivity contribution in [2.45, 2.75) is 33.1 Å². The molecule has 0 radical (unpaired) electrons. The Kier molecular flexibility index (Phi) is 7.55. The second-order valence-electron chi connectivity index (χ2n) is 13.1. The number of aryl methyl sites for hydroxylation is 1. The van der Waals surface area contributed by atoms with Gasteiger partial charge in [-0.2, -0.15) is 0 Å². The number of nitrogens with zero attached hydrogens (tertiary/aromatic N) is 2. The van der Waals surface area contributed by atoms with Gasteiger partial charge in [-0.1, -0.05) is 38.5 Å². The smallest absolute Gasteiger partial charge is 0.266 e. The molecule has 0 spiro atoms. The molecule has 0 saturated carbocycles. The van der Waals surface area contributed by atoms with Gasteiger partial charge in [0.15, 0.2) is 0 Å². The Hall–Kier alpha value is -6.22. The molecule has 7 rings (SSSR count). The maximum absolute atomic E-state index is 13.5. The van der Waals surface area contributed by atoms with Crippen LogP contribution in [0.2, 0.25) is 0 Å². The van der Waals surface area contributed by atoms with Gasteiger partial charge in [0.1, 0.15) is 34.5 Å². The lowest BCUT2D eigenvalue weighted by Gasteiger charge is -2.23. The first kappa shape index (κ1) is 31.4. The summed E-state index contributed by atoms with van der Waals surface area (Å²) in [6.45, 7) is 8.11. The van der Waals surface area contributed by atoms with Crippen LogP contribution >= 0.6 is 0 Å². The van der Waals surface area contributed by atoms with Crippen molar-refractivity contribution in [1.82, 2.24) is 4.90 Å². The molecule has 0 saturated heterocycles. The molecule has 0 N–H and O–H groups in total. The van der Waals surface area contributed by atoms with Gasteiger partial charge >= 0.3 is 0 Å². The van der Waals surface area contributed by atoms with Crippen LogP contribution in [-0.4, -0.2) is 35.6 Å². The number of benzene rings is 5. The summed E-state index contributed by atoms with van der Waals surface area (Å²) in [5, 5.41) is 0. The monoisotopic (exact) mass is 652 g/mol. The highest BCUT2D eigenvalue weighted by Crippen LogP contribution is 2.40. The number of hydrogen-bond donors (Lipinski definition) is 0. The summed E-state index contributed by atoms with van der Waals surface area (Å²) in [5.74, 6) is 1.58. The summed E-state index contributed by atoms with van der Waals surface area (Å²) in [5.41, 5.74) is 3.21. The molecule has 2 aliphatic heterocycles. The van der Waals surface area contributed by atoms with Gasteiger partial charge in [-0.15, -0.1) is 0 Å². The van der Waals surface area contributed by atoms with E-state index in [-0.39, 0.29) is 28.4 Å². The SMILES string of the molecule is Cc1ccc(Oc2ccc(N3C(=O)c4ccc(Oc5ccc(Oc6ccc7c(c6)C(=O)N(C)C7=O)c(C(C)(C)C)c5)cc4C3=O)cc2)cc1. The van der Waals surface area contributed by atoms with E-state index in [0.717, 1.165) is 20.9 Å². The normalized spacial score (nSPS) is 13.9. The van der Waals surface area contributed by atoms with Gasteiger partial charge in [-0.3, -0.25) is 24.1 Å². The van der Waals surface area contributed by atoms with Crippen molar-refractivity contribution in [3.8, 4) is 34.5 Å². The molecule has 0 aromatic heterocycles. The standard InChI is InChI=1S/C40H32N2O7/c1-23-6-10-25(11-7-23)47-26-12-8-24(9-13-26)42-38(45)31-18-14-27(20-33(31)39(42)46)48-29-16-19-35(34(22-29)40(2,3)4)49-28-15-17-30-32(21-28)37(44)41(5)36(30)43/h6-22H,1-5H3.